The van der Waals surface area contributed by atoms with E-state index in [1.54, 1.807) is 11.3 Å². The first-order valence-corrected chi connectivity index (χ1v) is 7.20. The average molecular weight is 264 g/mol. The minimum absolute atomic E-state index is 0.264. The smallest absolute Gasteiger partial charge is 0.108 e. The van der Waals surface area contributed by atoms with Gasteiger partial charge >= 0.3 is 0 Å². The fraction of sp³-hybridized carbons (Fsp3) is 0.500. The monoisotopic (exact) mass is 264 g/mol. The summed E-state index contributed by atoms with van der Waals surface area (Å²) in [5.74, 6) is 0.532. The normalized spacial score (nSPS) is 13.3. The zero-order valence-electron chi connectivity index (χ0n) is 10.9. The fourth-order valence-electron chi connectivity index (χ4n) is 1.97. The van der Waals surface area contributed by atoms with Crippen molar-refractivity contribution in [2.75, 3.05) is 6.54 Å². The average Bonchev–Trinajstić information content (AvgIpc) is 2.70. The topological polar surface area (TPSA) is 45.1 Å². The highest BCUT2D eigenvalue weighted by atomic mass is 32.1. The minimum Gasteiger partial charge on any atom is -0.392 e. The molecule has 1 unspecified atom stereocenters. The van der Waals surface area contributed by atoms with Crippen molar-refractivity contribution >= 4 is 21.6 Å². The summed E-state index contributed by atoms with van der Waals surface area (Å²) >= 11 is 1.71. The van der Waals surface area contributed by atoms with E-state index in [-0.39, 0.29) is 6.10 Å². The van der Waals surface area contributed by atoms with Crippen molar-refractivity contribution in [3.63, 3.8) is 0 Å². The maximum Gasteiger partial charge on any atom is 0.108 e. The number of thiazole rings is 1. The lowest BCUT2D eigenvalue weighted by atomic mass is 10.1. The number of aliphatic hydroxyl groups is 1. The molecule has 0 spiro atoms. The molecule has 18 heavy (non-hydrogen) atoms. The lowest BCUT2D eigenvalue weighted by Gasteiger charge is -2.12. The number of para-hydroxylation sites is 1. The van der Waals surface area contributed by atoms with E-state index in [1.807, 2.05) is 18.2 Å². The third-order valence-corrected chi connectivity index (χ3v) is 3.77. The summed E-state index contributed by atoms with van der Waals surface area (Å²) in [5, 5.41) is 14.1. The number of rotatable bonds is 6. The summed E-state index contributed by atoms with van der Waals surface area (Å²) < 4.78 is 1.22. The zero-order valence-corrected chi connectivity index (χ0v) is 11.7. The molecule has 3 nitrogen and oxygen atoms in total. The molecule has 0 aliphatic heterocycles. The summed E-state index contributed by atoms with van der Waals surface area (Å²) in [7, 11) is 0. The fourth-order valence-corrected chi connectivity index (χ4v) is 2.91. The molecule has 1 aromatic heterocycles. The highest BCUT2D eigenvalue weighted by molar-refractivity contribution is 7.18. The molecule has 0 amide bonds. The highest BCUT2D eigenvalue weighted by Crippen LogP contribution is 2.21. The van der Waals surface area contributed by atoms with Crippen LogP contribution in [0.2, 0.25) is 0 Å². The van der Waals surface area contributed by atoms with Crippen molar-refractivity contribution in [3.05, 3.63) is 29.3 Å². The van der Waals surface area contributed by atoms with E-state index in [1.165, 1.54) is 4.70 Å². The Morgan fingerprint density at radius 2 is 2.11 bits per heavy atom. The van der Waals surface area contributed by atoms with Crippen molar-refractivity contribution in [2.24, 2.45) is 5.92 Å². The Hall–Kier alpha value is -0.970. The number of hydrogen-bond donors (Lipinski definition) is 2. The molecule has 0 saturated heterocycles. The number of aliphatic hydroxyl groups excluding tert-OH is 1. The molecule has 0 aliphatic rings. The van der Waals surface area contributed by atoms with Crippen LogP contribution in [-0.2, 0) is 6.54 Å². The van der Waals surface area contributed by atoms with Crippen LogP contribution < -0.4 is 5.32 Å². The molecule has 1 heterocycles. The van der Waals surface area contributed by atoms with Gasteiger partial charge in [-0.05, 0) is 24.5 Å². The van der Waals surface area contributed by atoms with Crippen LogP contribution in [0.5, 0.6) is 0 Å². The van der Waals surface area contributed by atoms with E-state index in [4.69, 9.17) is 0 Å². The van der Waals surface area contributed by atoms with Crippen molar-refractivity contribution in [2.45, 2.75) is 32.9 Å². The molecule has 0 fully saturated rings. The lowest BCUT2D eigenvalue weighted by molar-refractivity contribution is 0.146. The standard InChI is InChI=1S/C14H20N2OS/c1-10(2)7-11(17)8-15-9-14-16-12-5-3-4-6-13(12)18-14/h3-6,10-11,15,17H,7-9H2,1-2H3. The zero-order chi connectivity index (χ0) is 13.0. The van der Waals surface area contributed by atoms with E-state index in [0.717, 1.165) is 23.5 Å². The van der Waals surface area contributed by atoms with Gasteiger partial charge in [0.2, 0.25) is 0 Å². The van der Waals surface area contributed by atoms with Gasteiger partial charge in [-0.2, -0.15) is 0 Å². The molecule has 98 valence electrons. The molecule has 0 bridgehead atoms. The second kappa shape index (κ2) is 6.27. The van der Waals surface area contributed by atoms with Gasteiger partial charge < -0.3 is 10.4 Å². The molecule has 1 aromatic carbocycles. The molecule has 0 radical (unpaired) electrons. The van der Waals surface area contributed by atoms with Crippen LogP contribution in [0.1, 0.15) is 25.3 Å². The molecule has 0 aliphatic carbocycles. The summed E-state index contributed by atoms with van der Waals surface area (Å²) in [4.78, 5) is 4.54. The van der Waals surface area contributed by atoms with Crippen LogP contribution in [0.25, 0.3) is 10.2 Å². The molecular weight excluding hydrogens is 244 g/mol. The van der Waals surface area contributed by atoms with Crippen molar-refractivity contribution in [3.8, 4) is 0 Å². The van der Waals surface area contributed by atoms with Gasteiger partial charge in [0.25, 0.3) is 0 Å². The predicted molar refractivity (Wildman–Crippen MR) is 76.8 cm³/mol. The second-order valence-electron chi connectivity index (χ2n) is 4.99. The Balaban J connectivity index is 1.83. The van der Waals surface area contributed by atoms with Crippen LogP contribution in [0, 0.1) is 5.92 Å². The Morgan fingerprint density at radius 1 is 1.33 bits per heavy atom. The van der Waals surface area contributed by atoms with Gasteiger partial charge in [-0.25, -0.2) is 4.98 Å². The maximum atomic E-state index is 9.76. The van der Waals surface area contributed by atoms with Crippen LogP contribution in [0.4, 0.5) is 0 Å². The molecule has 1 atom stereocenters. The SMILES string of the molecule is CC(C)CC(O)CNCc1nc2ccccc2s1. The largest absolute Gasteiger partial charge is 0.392 e. The van der Waals surface area contributed by atoms with Crippen molar-refractivity contribution in [1.29, 1.82) is 0 Å². The molecule has 4 heteroatoms. The van der Waals surface area contributed by atoms with Gasteiger partial charge in [-0.1, -0.05) is 26.0 Å². The number of hydrogen-bond acceptors (Lipinski definition) is 4. The van der Waals surface area contributed by atoms with Gasteiger partial charge in [-0.15, -0.1) is 11.3 Å². The van der Waals surface area contributed by atoms with Crippen molar-refractivity contribution < 1.29 is 5.11 Å². The number of nitrogens with one attached hydrogen (secondary N) is 1. The third kappa shape index (κ3) is 3.77. The minimum atomic E-state index is -0.264. The number of aromatic nitrogens is 1. The molecule has 2 rings (SSSR count). The van der Waals surface area contributed by atoms with Crippen LogP contribution in [0.15, 0.2) is 24.3 Å². The van der Waals surface area contributed by atoms with Crippen LogP contribution >= 0.6 is 11.3 Å². The van der Waals surface area contributed by atoms with Crippen LogP contribution in [-0.4, -0.2) is 22.7 Å². The Labute approximate surface area is 112 Å². The van der Waals surface area contributed by atoms with Crippen LogP contribution in [0.3, 0.4) is 0 Å². The third-order valence-electron chi connectivity index (χ3n) is 2.74. The first kappa shape index (κ1) is 13.5. The van der Waals surface area contributed by atoms with Crippen molar-refractivity contribution in [1.82, 2.24) is 10.3 Å². The number of benzene rings is 1. The van der Waals surface area contributed by atoms with E-state index < -0.39 is 0 Å². The highest BCUT2D eigenvalue weighted by Gasteiger charge is 2.07. The first-order chi connectivity index (χ1) is 8.65. The summed E-state index contributed by atoms with van der Waals surface area (Å²) in [6.07, 6.45) is 0.576. The lowest BCUT2D eigenvalue weighted by Crippen LogP contribution is -2.27. The molecule has 2 N–H and O–H groups in total. The molecule has 0 saturated carbocycles. The second-order valence-corrected chi connectivity index (χ2v) is 6.10. The van der Waals surface area contributed by atoms with Gasteiger partial charge in [0.15, 0.2) is 0 Å². The van der Waals surface area contributed by atoms with Gasteiger partial charge in [-0.3, -0.25) is 0 Å². The summed E-state index contributed by atoms with van der Waals surface area (Å²) in [6.45, 7) is 5.61. The Bertz CT molecular complexity index is 462. The number of fused-ring (bicyclic) bond motifs is 1. The maximum absolute atomic E-state index is 9.76. The van der Waals surface area contributed by atoms with E-state index >= 15 is 0 Å². The van der Waals surface area contributed by atoms with E-state index in [2.05, 4.69) is 30.2 Å². The quantitative estimate of drug-likeness (QED) is 0.843. The van der Waals surface area contributed by atoms with Gasteiger partial charge in [0.05, 0.1) is 16.3 Å². The van der Waals surface area contributed by atoms with E-state index in [9.17, 15) is 5.11 Å². The number of nitrogens with zero attached hydrogens (tertiary/aromatic N) is 1. The summed E-state index contributed by atoms with van der Waals surface area (Å²) in [5.41, 5.74) is 1.06. The molecular formula is C14H20N2OS. The van der Waals surface area contributed by atoms with Gasteiger partial charge in [0.1, 0.15) is 5.01 Å². The predicted octanol–water partition coefficient (Wildman–Crippen LogP) is 2.79. The summed E-state index contributed by atoms with van der Waals surface area (Å²) in [6, 6.07) is 8.16. The Morgan fingerprint density at radius 3 is 2.83 bits per heavy atom. The van der Waals surface area contributed by atoms with E-state index in [0.29, 0.717) is 12.5 Å². The molecule has 2 aromatic rings. The Kier molecular flexibility index (Phi) is 4.69. The first-order valence-electron chi connectivity index (χ1n) is 6.38. The van der Waals surface area contributed by atoms with Gasteiger partial charge in [0, 0.05) is 13.1 Å².